The molecule has 1 saturated heterocycles. The molecule has 2 heterocycles. The Bertz CT molecular complexity index is 287. The number of nitrogens with zero attached hydrogens (tertiary/aromatic N) is 2. The maximum Gasteiger partial charge on any atom is 0.135 e. The van der Waals surface area contributed by atoms with Gasteiger partial charge in [0.1, 0.15) is 6.23 Å². The van der Waals surface area contributed by atoms with Gasteiger partial charge in [0.2, 0.25) is 0 Å². The highest BCUT2D eigenvalue weighted by Gasteiger charge is 2.19. The summed E-state index contributed by atoms with van der Waals surface area (Å²) in [6.45, 7) is 5.15. The largest absolute Gasteiger partial charge is 0.358 e. The van der Waals surface area contributed by atoms with Crippen molar-refractivity contribution in [2.45, 2.75) is 39.3 Å². The van der Waals surface area contributed by atoms with Crippen LogP contribution in [0.3, 0.4) is 0 Å². The Morgan fingerprint density at radius 2 is 2.54 bits per heavy atom. The van der Waals surface area contributed by atoms with Crippen molar-refractivity contribution in [3.63, 3.8) is 0 Å². The van der Waals surface area contributed by atoms with E-state index in [4.69, 9.17) is 4.74 Å². The fourth-order valence-electron chi connectivity index (χ4n) is 1.88. The fourth-order valence-corrected chi connectivity index (χ4v) is 1.88. The SMILES string of the molecule is CCc1ncn(C2CCCO2)c1C. The van der Waals surface area contributed by atoms with Crippen molar-refractivity contribution in [1.82, 2.24) is 9.55 Å². The molecule has 1 aromatic rings. The van der Waals surface area contributed by atoms with Crippen LogP contribution in [0.15, 0.2) is 6.33 Å². The van der Waals surface area contributed by atoms with Gasteiger partial charge in [-0.1, -0.05) is 6.92 Å². The van der Waals surface area contributed by atoms with Gasteiger partial charge in [0.15, 0.2) is 0 Å². The third kappa shape index (κ3) is 1.48. The van der Waals surface area contributed by atoms with Gasteiger partial charge in [-0.05, 0) is 26.2 Å². The van der Waals surface area contributed by atoms with Crippen LogP contribution >= 0.6 is 0 Å². The second-order valence-electron chi connectivity index (χ2n) is 3.51. The summed E-state index contributed by atoms with van der Waals surface area (Å²) < 4.78 is 7.76. The second kappa shape index (κ2) is 3.50. The quantitative estimate of drug-likeness (QED) is 0.696. The van der Waals surface area contributed by atoms with Gasteiger partial charge in [0, 0.05) is 12.3 Å². The van der Waals surface area contributed by atoms with Gasteiger partial charge in [-0.2, -0.15) is 0 Å². The summed E-state index contributed by atoms with van der Waals surface area (Å²) in [7, 11) is 0. The summed E-state index contributed by atoms with van der Waals surface area (Å²) in [6, 6.07) is 0. The monoisotopic (exact) mass is 180 g/mol. The summed E-state index contributed by atoms with van der Waals surface area (Å²) in [4.78, 5) is 4.36. The predicted molar refractivity (Wildman–Crippen MR) is 50.6 cm³/mol. The summed E-state index contributed by atoms with van der Waals surface area (Å²) in [6.07, 6.45) is 5.45. The highest BCUT2D eigenvalue weighted by Crippen LogP contribution is 2.25. The number of ether oxygens (including phenoxy) is 1. The van der Waals surface area contributed by atoms with Crippen LogP contribution in [0, 0.1) is 6.92 Å². The molecule has 0 saturated carbocycles. The standard InChI is InChI=1S/C10H16N2O/c1-3-9-8(2)12(7-11-9)10-5-4-6-13-10/h7,10H,3-6H2,1-2H3. The first-order chi connectivity index (χ1) is 6.33. The molecular weight excluding hydrogens is 164 g/mol. The lowest BCUT2D eigenvalue weighted by Crippen LogP contribution is -2.07. The normalized spacial score (nSPS) is 22.5. The molecule has 13 heavy (non-hydrogen) atoms. The van der Waals surface area contributed by atoms with Gasteiger partial charge in [-0.15, -0.1) is 0 Å². The van der Waals surface area contributed by atoms with Crippen molar-refractivity contribution < 1.29 is 4.74 Å². The van der Waals surface area contributed by atoms with E-state index in [1.807, 2.05) is 6.33 Å². The lowest BCUT2D eigenvalue weighted by molar-refractivity contribution is 0.0550. The molecule has 2 rings (SSSR count). The Labute approximate surface area is 78.7 Å². The van der Waals surface area contributed by atoms with E-state index < -0.39 is 0 Å². The molecule has 1 aliphatic heterocycles. The highest BCUT2D eigenvalue weighted by atomic mass is 16.5. The first-order valence-electron chi connectivity index (χ1n) is 4.97. The summed E-state index contributed by atoms with van der Waals surface area (Å²) >= 11 is 0. The van der Waals surface area contributed by atoms with Crippen molar-refractivity contribution >= 4 is 0 Å². The molecule has 0 aliphatic carbocycles. The minimum Gasteiger partial charge on any atom is -0.358 e. The van der Waals surface area contributed by atoms with E-state index in [9.17, 15) is 0 Å². The van der Waals surface area contributed by atoms with E-state index in [1.54, 1.807) is 0 Å². The highest BCUT2D eigenvalue weighted by molar-refractivity contribution is 5.11. The van der Waals surface area contributed by atoms with E-state index in [0.717, 1.165) is 19.4 Å². The lowest BCUT2D eigenvalue weighted by atomic mass is 10.2. The topological polar surface area (TPSA) is 27.1 Å². The average molecular weight is 180 g/mol. The molecule has 0 spiro atoms. The van der Waals surface area contributed by atoms with Crippen LogP contribution in [0.25, 0.3) is 0 Å². The first kappa shape index (κ1) is 8.75. The Morgan fingerprint density at radius 3 is 3.08 bits per heavy atom. The van der Waals surface area contributed by atoms with Crippen molar-refractivity contribution in [3.05, 3.63) is 17.7 Å². The van der Waals surface area contributed by atoms with Crippen molar-refractivity contribution in [2.24, 2.45) is 0 Å². The zero-order valence-electron chi connectivity index (χ0n) is 8.29. The summed E-state index contributed by atoms with van der Waals surface area (Å²) in [5.41, 5.74) is 2.45. The Kier molecular flexibility index (Phi) is 2.36. The van der Waals surface area contributed by atoms with Crippen LogP contribution in [-0.4, -0.2) is 16.2 Å². The number of aromatic nitrogens is 2. The lowest BCUT2D eigenvalue weighted by Gasteiger charge is -2.12. The second-order valence-corrected chi connectivity index (χ2v) is 3.51. The van der Waals surface area contributed by atoms with Crippen LogP contribution in [-0.2, 0) is 11.2 Å². The molecule has 0 aromatic carbocycles. The number of aryl methyl sites for hydroxylation is 1. The van der Waals surface area contributed by atoms with Gasteiger partial charge in [-0.3, -0.25) is 0 Å². The molecule has 0 bridgehead atoms. The third-order valence-electron chi connectivity index (χ3n) is 2.69. The Balaban J connectivity index is 2.24. The Hall–Kier alpha value is -0.830. The molecule has 0 N–H and O–H groups in total. The first-order valence-corrected chi connectivity index (χ1v) is 4.97. The maximum atomic E-state index is 5.60. The van der Waals surface area contributed by atoms with E-state index in [-0.39, 0.29) is 6.23 Å². The van der Waals surface area contributed by atoms with Crippen LogP contribution < -0.4 is 0 Å². The van der Waals surface area contributed by atoms with Crippen molar-refractivity contribution in [2.75, 3.05) is 6.61 Å². The maximum absolute atomic E-state index is 5.60. The number of rotatable bonds is 2. The average Bonchev–Trinajstić information content (AvgIpc) is 2.72. The molecule has 1 aromatic heterocycles. The zero-order valence-corrected chi connectivity index (χ0v) is 8.29. The molecule has 3 nitrogen and oxygen atoms in total. The van der Waals surface area contributed by atoms with Crippen LogP contribution in [0.1, 0.15) is 37.4 Å². The molecule has 1 fully saturated rings. The zero-order chi connectivity index (χ0) is 9.26. The van der Waals surface area contributed by atoms with Crippen LogP contribution in [0.2, 0.25) is 0 Å². The molecule has 72 valence electrons. The number of hydrogen-bond donors (Lipinski definition) is 0. The Morgan fingerprint density at radius 1 is 1.69 bits per heavy atom. The van der Waals surface area contributed by atoms with Crippen LogP contribution in [0.5, 0.6) is 0 Å². The minimum absolute atomic E-state index is 0.243. The van der Waals surface area contributed by atoms with E-state index in [2.05, 4.69) is 23.4 Å². The predicted octanol–water partition coefficient (Wildman–Crippen LogP) is 2.06. The minimum atomic E-state index is 0.243. The number of hydrogen-bond acceptors (Lipinski definition) is 2. The van der Waals surface area contributed by atoms with Gasteiger partial charge in [-0.25, -0.2) is 4.98 Å². The van der Waals surface area contributed by atoms with Gasteiger partial charge in [0.05, 0.1) is 12.0 Å². The smallest absolute Gasteiger partial charge is 0.135 e. The summed E-state index contributed by atoms with van der Waals surface area (Å²) in [5.74, 6) is 0. The number of imidazole rings is 1. The molecule has 1 atom stereocenters. The molecule has 3 heteroatoms. The van der Waals surface area contributed by atoms with Crippen molar-refractivity contribution in [3.8, 4) is 0 Å². The molecule has 0 amide bonds. The molecule has 0 radical (unpaired) electrons. The van der Waals surface area contributed by atoms with Crippen molar-refractivity contribution in [1.29, 1.82) is 0 Å². The van der Waals surface area contributed by atoms with E-state index in [1.165, 1.54) is 17.8 Å². The summed E-state index contributed by atoms with van der Waals surface area (Å²) in [5, 5.41) is 0. The fraction of sp³-hybridized carbons (Fsp3) is 0.700. The van der Waals surface area contributed by atoms with Gasteiger partial charge in [0.25, 0.3) is 0 Å². The molecular formula is C10H16N2O. The van der Waals surface area contributed by atoms with Gasteiger partial charge >= 0.3 is 0 Å². The molecule has 1 aliphatic rings. The van der Waals surface area contributed by atoms with Crippen LogP contribution in [0.4, 0.5) is 0 Å². The third-order valence-corrected chi connectivity index (χ3v) is 2.69. The van der Waals surface area contributed by atoms with E-state index >= 15 is 0 Å². The van der Waals surface area contributed by atoms with Gasteiger partial charge < -0.3 is 9.30 Å². The van der Waals surface area contributed by atoms with E-state index in [0.29, 0.717) is 0 Å². The molecule has 1 unspecified atom stereocenters.